The molecule has 1 atom stereocenters. The topological polar surface area (TPSA) is 104 Å². The zero-order valence-electron chi connectivity index (χ0n) is 20.2. The van der Waals surface area contributed by atoms with Gasteiger partial charge in [-0.1, -0.05) is 13.0 Å². The Morgan fingerprint density at radius 3 is 2.72 bits per heavy atom. The standard InChI is InChI=1S/C26H25FN6O3/c1-4-11-36-22-12-17(7-10-21(22)35-3)19-13-23(34)30-25-24(19)15(2)32-33(25)26-29-20(14-28-31-26)16-5-8-18(27)9-6-16/h5-10,12,14,19H,4,11,13H2,1-3H3,(H,30,34)/t19-/m1/s1. The molecule has 0 bridgehead atoms. The van der Waals surface area contributed by atoms with Gasteiger partial charge in [0.05, 0.1) is 31.3 Å². The van der Waals surface area contributed by atoms with Gasteiger partial charge in [0.25, 0.3) is 5.95 Å². The van der Waals surface area contributed by atoms with Crippen LogP contribution in [0.4, 0.5) is 10.2 Å². The second-order valence-corrected chi connectivity index (χ2v) is 8.47. The molecule has 0 fully saturated rings. The first kappa shape index (κ1) is 23.4. The highest BCUT2D eigenvalue weighted by molar-refractivity contribution is 5.95. The summed E-state index contributed by atoms with van der Waals surface area (Å²) in [5, 5.41) is 15.8. The number of anilines is 1. The largest absolute Gasteiger partial charge is 0.493 e. The van der Waals surface area contributed by atoms with Gasteiger partial charge >= 0.3 is 0 Å². The van der Waals surface area contributed by atoms with Crippen molar-refractivity contribution in [2.45, 2.75) is 32.6 Å². The van der Waals surface area contributed by atoms with E-state index in [9.17, 15) is 9.18 Å². The lowest BCUT2D eigenvalue weighted by molar-refractivity contribution is -0.116. The molecule has 0 saturated heterocycles. The molecule has 9 nitrogen and oxygen atoms in total. The number of carbonyl (C=O) groups excluding carboxylic acids is 1. The summed E-state index contributed by atoms with van der Waals surface area (Å²) in [6, 6.07) is 11.7. The Balaban J connectivity index is 1.57. The molecular formula is C26H25FN6O3. The van der Waals surface area contributed by atoms with Crippen molar-refractivity contribution in [2.75, 3.05) is 19.0 Å². The summed E-state index contributed by atoms with van der Waals surface area (Å²) in [4.78, 5) is 17.4. The number of carbonyl (C=O) groups is 1. The van der Waals surface area contributed by atoms with Crippen molar-refractivity contribution in [3.63, 3.8) is 0 Å². The summed E-state index contributed by atoms with van der Waals surface area (Å²) in [6.07, 6.45) is 2.62. The summed E-state index contributed by atoms with van der Waals surface area (Å²) in [7, 11) is 1.60. The van der Waals surface area contributed by atoms with Crippen LogP contribution in [0.15, 0.2) is 48.7 Å². The first-order valence-electron chi connectivity index (χ1n) is 11.6. The van der Waals surface area contributed by atoms with Crippen molar-refractivity contribution >= 4 is 11.7 Å². The molecule has 2 aromatic carbocycles. The van der Waals surface area contributed by atoms with Crippen molar-refractivity contribution in [1.82, 2.24) is 25.0 Å². The van der Waals surface area contributed by atoms with Gasteiger partial charge in [-0.15, -0.1) is 5.10 Å². The molecule has 36 heavy (non-hydrogen) atoms. The van der Waals surface area contributed by atoms with Gasteiger partial charge in [0.2, 0.25) is 5.91 Å². The van der Waals surface area contributed by atoms with Gasteiger partial charge < -0.3 is 14.8 Å². The summed E-state index contributed by atoms with van der Waals surface area (Å²) in [6.45, 7) is 4.48. The number of aromatic nitrogens is 5. The van der Waals surface area contributed by atoms with E-state index in [0.29, 0.717) is 35.2 Å². The van der Waals surface area contributed by atoms with Crippen molar-refractivity contribution in [1.29, 1.82) is 0 Å². The first-order valence-corrected chi connectivity index (χ1v) is 11.6. The molecule has 4 aromatic rings. The SMILES string of the molecule is CCCOc1cc([C@H]2CC(=O)Nc3c2c(C)nn3-c2nncc(-c3ccc(F)cc3)n2)ccc1OC. The fourth-order valence-corrected chi connectivity index (χ4v) is 4.36. The van der Waals surface area contributed by atoms with E-state index in [1.807, 2.05) is 32.0 Å². The zero-order valence-corrected chi connectivity index (χ0v) is 20.2. The number of benzene rings is 2. The van der Waals surface area contributed by atoms with E-state index < -0.39 is 0 Å². The Hall–Kier alpha value is -4.34. The van der Waals surface area contributed by atoms with Gasteiger partial charge in [-0.2, -0.15) is 14.9 Å². The molecule has 10 heteroatoms. The van der Waals surface area contributed by atoms with Crippen LogP contribution < -0.4 is 14.8 Å². The number of ether oxygens (including phenoxy) is 2. The van der Waals surface area contributed by atoms with E-state index in [-0.39, 0.29) is 30.0 Å². The molecule has 0 unspecified atom stereocenters. The molecule has 2 aromatic heterocycles. The smallest absolute Gasteiger partial charge is 0.272 e. The van der Waals surface area contributed by atoms with Gasteiger partial charge in [0.15, 0.2) is 11.5 Å². The van der Waals surface area contributed by atoms with E-state index in [2.05, 4.69) is 25.6 Å². The maximum absolute atomic E-state index is 13.4. The van der Waals surface area contributed by atoms with Crippen molar-refractivity contribution in [3.8, 4) is 28.7 Å². The molecule has 1 aliphatic heterocycles. The van der Waals surface area contributed by atoms with Crippen LogP contribution in [0.5, 0.6) is 11.5 Å². The minimum atomic E-state index is -0.340. The molecule has 1 N–H and O–H groups in total. The lowest BCUT2D eigenvalue weighted by Crippen LogP contribution is -2.25. The normalized spacial score (nSPS) is 14.8. The maximum Gasteiger partial charge on any atom is 0.272 e. The molecule has 1 aliphatic rings. The van der Waals surface area contributed by atoms with Gasteiger partial charge in [0.1, 0.15) is 11.6 Å². The minimum absolute atomic E-state index is 0.150. The highest BCUT2D eigenvalue weighted by Gasteiger charge is 2.34. The summed E-state index contributed by atoms with van der Waals surface area (Å²) >= 11 is 0. The second-order valence-electron chi connectivity index (χ2n) is 8.47. The Kier molecular flexibility index (Phi) is 6.32. The van der Waals surface area contributed by atoms with Gasteiger partial charge in [-0.3, -0.25) is 4.79 Å². The third-order valence-corrected chi connectivity index (χ3v) is 6.03. The van der Waals surface area contributed by atoms with E-state index in [1.54, 1.807) is 19.2 Å². The van der Waals surface area contributed by atoms with Gasteiger partial charge in [-0.05, 0) is 55.3 Å². The van der Waals surface area contributed by atoms with E-state index >= 15 is 0 Å². The number of rotatable bonds is 7. The highest BCUT2D eigenvalue weighted by atomic mass is 19.1. The number of fused-ring (bicyclic) bond motifs is 1. The second kappa shape index (κ2) is 9.73. The molecule has 0 aliphatic carbocycles. The summed E-state index contributed by atoms with van der Waals surface area (Å²) in [5.74, 6) is 1.23. The van der Waals surface area contributed by atoms with Crippen LogP contribution in [0.1, 0.15) is 42.5 Å². The monoisotopic (exact) mass is 488 g/mol. The average molecular weight is 489 g/mol. The average Bonchev–Trinajstić information content (AvgIpc) is 3.23. The molecular weight excluding hydrogens is 463 g/mol. The number of nitrogens with one attached hydrogen (secondary N) is 1. The molecule has 1 amide bonds. The third-order valence-electron chi connectivity index (χ3n) is 6.03. The summed E-state index contributed by atoms with van der Waals surface area (Å²) in [5.41, 5.74) is 3.72. The molecule has 184 valence electrons. The predicted molar refractivity (Wildman–Crippen MR) is 131 cm³/mol. The van der Waals surface area contributed by atoms with Crippen LogP contribution in [-0.4, -0.2) is 44.6 Å². The molecule has 0 saturated carbocycles. The van der Waals surface area contributed by atoms with Gasteiger partial charge in [-0.25, -0.2) is 9.37 Å². The Morgan fingerprint density at radius 1 is 1.17 bits per heavy atom. The van der Waals surface area contributed by atoms with Crippen molar-refractivity contribution in [2.24, 2.45) is 0 Å². The fraction of sp³-hybridized carbons (Fsp3) is 0.269. The number of methoxy groups -OCH3 is 1. The number of hydrogen-bond acceptors (Lipinski definition) is 7. The zero-order chi connectivity index (χ0) is 25.2. The first-order chi connectivity index (χ1) is 17.5. The van der Waals surface area contributed by atoms with Crippen LogP contribution in [-0.2, 0) is 4.79 Å². The van der Waals surface area contributed by atoms with Crippen LogP contribution in [0.25, 0.3) is 17.2 Å². The molecule has 3 heterocycles. The van der Waals surface area contributed by atoms with E-state index in [4.69, 9.17) is 9.47 Å². The predicted octanol–water partition coefficient (Wildman–Crippen LogP) is 4.44. The minimum Gasteiger partial charge on any atom is -0.493 e. The molecule has 5 rings (SSSR count). The Morgan fingerprint density at radius 2 is 1.97 bits per heavy atom. The van der Waals surface area contributed by atoms with Gasteiger partial charge in [0, 0.05) is 23.5 Å². The van der Waals surface area contributed by atoms with Crippen LogP contribution in [0, 0.1) is 12.7 Å². The van der Waals surface area contributed by atoms with Crippen molar-refractivity contribution in [3.05, 3.63) is 71.3 Å². The molecule has 0 spiro atoms. The number of nitrogens with zero attached hydrogens (tertiary/aromatic N) is 5. The summed E-state index contributed by atoms with van der Waals surface area (Å²) < 4.78 is 26.2. The van der Waals surface area contributed by atoms with E-state index in [0.717, 1.165) is 23.2 Å². The van der Waals surface area contributed by atoms with Crippen LogP contribution in [0.2, 0.25) is 0 Å². The number of amides is 1. The molecule has 0 radical (unpaired) electrons. The quantitative estimate of drug-likeness (QED) is 0.410. The lowest BCUT2D eigenvalue weighted by Gasteiger charge is -2.25. The van der Waals surface area contributed by atoms with Crippen LogP contribution in [0.3, 0.4) is 0 Å². The highest BCUT2D eigenvalue weighted by Crippen LogP contribution is 2.42. The number of hydrogen-bond donors (Lipinski definition) is 1. The van der Waals surface area contributed by atoms with Crippen LogP contribution >= 0.6 is 0 Å². The fourth-order valence-electron chi connectivity index (χ4n) is 4.36. The van der Waals surface area contributed by atoms with E-state index in [1.165, 1.54) is 23.0 Å². The van der Waals surface area contributed by atoms with Crippen molar-refractivity contribution < 1.29 is 18.7 Å². The Labute approximate surface area is 207 Å². The number of aryl methyl sites for hydroxylation is 1. The Bertz CT molecular complexity index is 1420. The number of halogens is 1. The lowest BCUT2D eigenvalue weighted by atomic mass is 9.85. The third kappa shape index (κ3) is 4.37. The maximum atomic E-state index is 13.4.